The van der Waals surface area contributed by atoms with E-state index in [-0.39, 0.29) is 22.4 Å². The topological polar surface area (TPSA) is 84.0 Å². The number of carbonyl (C=O) groups is 2. The van der Waals surface area contributed by atoms with Crippen LogP contribution in [-0.4, -0.2) is 50.8 Å². The third kappa shape index (κ3) is 4.04. The maximum Gasteiger partial charge on any atom is 0.338 e. The molecule has 0 aromatic heterocycles. The zero-order chi connectivity index (χ0) is 21.3. The van der Waals surface area contributed by atoms with Crippen molar-refractivity contribution in [3.05, 3.63) is 59.7 Å². The number of ether oxygens (including phenoxy) is 1. The fourth-order valence-corrected chi connectivity index (χ4v) is 4.32. The van der Waals surface area contributed by atoms with Crippen LogP contribution in [0.25, 0.3) is 0 Å². The minimum atomic E-state index is -3.68. The van der Waals surface area contributed by atoms with E-state index in [9.17, 15) is 18.0 Å². The number of carbonyl (C=O) groups excluding carboxylic acids is 2. The maximum atomic E-state index is 12.9. The van der Waals surface area contributed by atoms with Crippen molar-refractivity contribution in [3.8, 4) is 0 Å². The van der Waals surface area contributed by atoms with Crippen molar-refractivity contribution >= 4 is 27.6 Å². The molecule has 0 spiro atoms. The van der Waals surface area contributed by atoms with Crippen molar-refractivity contribution in [2.24, 2.45) is 0 Å². The Balaban J connectivity index is 1.77. The Bertz CT molecular complexity index is 1050. The summed E-state index contributed by atoms with van der Waals surface area (Å²) in [5.41, 5.74) is 1.97. The van der Waals surface area contributed by atoms with Gasteiger partial charge in [-0.05, 0) is 50.1 Å². The second-order valence-electron chi connectivity index (χ2n) is 7.25. The summed E-state index contributed by atoms with van der Waals surface area (Å²) in [6.45, 7) is 3.47. The van der Waals surface area contributed by atoms with Crippen molar-refractivity contribution < 1.29 is 22.7 Å². The van der Waals surface area contributed by atoms with Gasteiger partial charge in [-0.3, -0.25) is 4.79 Å². The number of amides is 1. The van der Waals surface area contributed by atoms with Gasteiger partial charge in [-0.1, -0.05) is 24.3 Å². The number of nitrogens with zero attached hydrogens (tertiary/aromatic N) is 2. The molecule has 1 aliphatic rings. The molecule has 154 valence electrons. The third-order valence-electron chi connectivity index (χ3n) is 4.92. The number of rotatable bonds is 5. The second-order valence-corrected chi connectivity index (χ2v) is 9.40. The van der Waals surface area contributed by atoms with Crippen LogP contribution in [-0.2, 0) is 26.0 Å². The number of fused-ring (bicyclic) bond motifs is 1. The summed E-state index contributed by atoms with van der Waals surface area (Å²) in [5, 5.41) is 0. The molecule has 0 saturated heterocycles. The Morgan fingerprint density at radius 3 is 2.52 bits per heavy atom. The van der Waals surface area contributed by atoms with E-state index in [0.29, 0.717) is 0 Å². The van der Waals surface area contributed by atoms with E-state index in [1.807, 2.05) is 31.2 Å². The molecule has 1 aliphatic heterocycles. The summed E-state index contributed by atoms with van der Waals surface area (Å²) in [4.78, 5) is 27.1. The summed E-state index contributed by atoms with van der Waals surface area (Å²) >= 11 is 0. The summed E-state index contributed by atoms with van der Waals surface area (Å²) in [6.07, 6.45) is -0.266. The first-order valence-corrected chi connectivity index (χ1v) is 10.7. The molecular weight excluding hydrogens is 392 g/mol. The van der Waals surface area contributed by atoms with Crippen molar-refractivity contribution in [3.63, 3.8) is 0 Å². The van der Waals surface area contributed by atoms with Crippen molar-refractivity contribution in [2.75, 3.05) is 19.0 Å². The van der Waals surface area contributed by atoms with E-state index in [0.717, 1.165) is 22.0 Å². The lowest BCUT2D eigenvalue weighted by Gasteiger charge is -2.26. The molecule has 0 N–H and O–H groups in total. The van der Waals surface area contributed by atoms with Crippen LogP contribution in [0.5, 0.6) is 0 Å². The largest absolute Gasteiger partial charge is 0.449 e. The highest BCUT2D eigenvalue weighted by Crippen LogP contribution is 2.32. The van der Waals surface area contributed by atoms with Crippen LogP contribution in [0.4, 0.5) is 5.69 Å². The van der Waals surface area contributed by atoms with Gasteiger partial charge in [0, 0.05) is 25.8 Å². The molecule has 2 aromatic carbocycles. The first kappa shape index (κ1) is 21.0. The Labute approximate surface area is 170 Å². The van der Waals surface area contributed by atoms with E-state index in [1.165, 1.54) is 45.3 Å². The molecule has 2 atom stereocenters. The van der Waals surface area contributed by atoms with Crippen LogP contribution >= 0.6 is 0 Å². The standard InChI is InChI=1S/C21H24N2O5S/c1-14-12-16-8-5-6-11-19(16)23(14)20(24)15(2)28-21(25)17-9-7-10-18(13-17)29(26,27)22(3)4/h5-11,13-15H,12H2,1-4H3/t14-,15-/m1/s1. The lowest BCUT2D eigenvalue weighted by atomic mass is 10.1. The zero-order valence-electron chi connectivity index (χ0n) is 16.8. The Kier molecular flexibility index (Phi) is 5.77. The van der Waals surface area contributed by atoms with Crippen LogP contribution < -0.4 is 4.90 Å². The highest BCUT2D eigenvalue weighted by molar-refractivity contribution is 7.89. The molecule has 2 aromatic rings. The molecule has 0 fully saturated rings. The van der Waals surface area contributed by atoms with Gasteiger partial charge < -0.3 is 9.64 Å². The number of esters is 1. The van der Waals surface area contributed by atoms with E-state index >= 15 is 0 Å². The zero-order valence-corrected chi connectivity index (χ0v) is 17.6. The average Bonchev–Trinajstić information content (AvgIpc) is 3.02. The average molecular weight is 416 g/mol. The van der Waals surface area contributed by atoms with Crippen molar-refractivity contribution in [1.29, 1.82) is 0 Å². The van der Waals surface area contributed by atoms with E-state index < -0.39 is 22.1 Å². The fourth-order valence-electron chi connectivity index (χ4n) is 3.37. The van der Waals surface area contributed by atoms with E-state index in [1.54, 1.807) is 4.90 Å². The fraction of sp³-hybridized carbons (Fsp3) is 0.333. The second kappa shape index (κ2) is 7.96. The molecule has 0 radical (unpaired) electrons. The van der Waals surface area contributed by atoms with Crippen LogP contribution in [0.2, 0.25) is 0 Å². The molecular formula is C21H24N2O5S. The van der Waals surface area contributed by atoms with Gasteiger partial charge in [-0.15, -0.1) is 0 Å². The maximum absolute atomic E-state index is 12.9. The SMILES string of the molecule is C[C@@H]1Cc2ccccc2N1C(=O)[C@@H](C)OC(=O)c1cccc(S(=O)(=O)N(C)C)c1. The van der Waals surface area contributed by atoms with Crippen molar-refractivity contribution in [1.82, 2.24) is 4.31 Å². The van der Waals surface area contributed by atoms with E-state index in [2.05, 4.69) is 0 Å². The van der Waals surface area contributed by atoms with Crippen LogP contribution in [0.15, 0.2) is 53.4 Å². The minimum absolute atomic E-state index is 0.0157. The summed E-state index contributed by atoms with van der Waals surface area (Å²) < 4.78 is 31.0. The Hall–Kier alpha value is -2.71. The highest BCUT2D eigenvalue weighted by Gasteiger charge is 2.34. The first-order valence-electron chi connectivity index (χ1n) is 9.27. The number of hydrogen-bond donors (Lipinski definition) is 0. The van der Waals surface area contributed by atoms with Gasteiger partial charge in [0.2, 0.25) is 10.0 Å². The molecule has 1 heterocycles. The molecule has 3 rings (SSSR count). The quantitative estimate of drug-likeness (QED) is 0.699. The summed E-state index contributed by atoms with van der Waals surface area (Å²) in [7, 11) is -0.856. The van der Waals surface area contributed by atoms with Crippen molar-refractivity contribution in [2.45, 2.75) is 37.3 Å². The van der Waals surface area contributed by atoms with Gasteiger partial charge in [-0.2, -0.15) is 0 Å². The smallest absolute Gasteiger partial charge is 0.338 e. The van der Waals surface area contributed by atoms with Crippen LogP contribution in [0.1, 0.15) is 29.8 Å². The highest BCUT2D eigenvalue weighted by atomic mass is 32.2. The van der Waals surface area contributed by atoms with E-state index in [4.69, 9.17) is 4.74 Å². The van der Waals surface area contributed by atoms with Gasteiger partial charge in [0.25, 0.3) is 5.91 Å². The molecule has 0 saturated carbocycles. The minimum Gasteiger partial charge on any atom is -0.449 e. The van der Waals surface area contributed by atoms with Gasteiger partial charge >= 0.3 is 5.97 Å². The molecule has 0 bridgehead atoms. The number of para-hydroxylation sites is 1. The number of sulfonamides is 1. The Morgan fingerprint density at radius 1 is 1.14 bits per heavy atom. The molecule has 7 nitrogen and oxygen atoms in total. The summed E-state index contributed by atoms with van der Waals surface area (Å²) in [5.74, 6) is -1.06. The van der Waals surface area contributed by atoms with Crippen LogP contribution in [0.3, 0.4) is 0 Å². The molecule has 8 heteroatoms. The lowest BCUT2D eigenvalue weighted by Crippen LogP contribution is -2.43. The van der Waals surface area contributed by atoms with Gasteiger partial charge in [0.05, 0.1) is 10.5 Å². The van der Waals surface area contributed by atoms with Crippen LogP contribution in [0, 0.1) is 0 Å². The normalized spacial score (nSPS) is 17.1. The third-order valence-corrected chi connectivity index (χ3v) is 6.74. The number of anilines is 1. The molecule has 29 heavy (non-hydrogen) atoms. The number of hydrogen-bond acceptors (Lipinski definition) is 5. The van der Waals surface area contributed by atoms with Gasteiger partial charge in [0.15, 0.2) is 6.10 Å². The first-order chi connectivity index (χ1) is 13.6. The summed E-state index contributed by atoms with van der Waals surface area (Å²) in [6, 6.07) is 13.2. The number of benzene rings is 2. The Morgan fingerprint density at radius 2 is 1.83 bits per heavy atom. The van der Waals surface area contributed by atoms with Gasteiger partial charge in [-0.25, -0.2) is 17.5 Å². The lowest BCUT2D eigenvalue weighted by molar-refractivity contribution is -0.126. The molecule has 1 amide bonds. The van der Waals surface area contributed by atoms with Gasteiger partial charge in [0.1, 0.15) is 0 Å². The molecule has 0 aliphatic carbocycles. The predicted molar refractivity (Wildman–Crippen MR) is 109 cm³/mol. The molecule has 0 unspecified atom stereocenters. The monoisotopic (exact) mass is 416 g/mol. The predicted octanol–water partition coefficient (Wildman–Crippen LogP) is 2.46.